The van der Waals surface area contributed by atoms with Crippen molar-refractivity contribution in [2.75, 3.05) is 6.54 Å². The molecule has 146 valence electrons. The number of carbonyl (C=O) groups is 1. The number of aromatic nitrogens is 2. The Morgan fingerprint density at radius 2 is 1.89 bits per heavy atom. The number of carbonyl (C=O) groups excluding carboxylic acids is 1. The fourth-order valence-electron chi connectivity index (χ4n) is 4.19. The molecule has 1 aliphatic carbocycles. The van der Waals surface area contributed by atoms with E-state index in [4.69, 9.17) is 4.42 Å². The van der Waals surface area contributed by atoms with E-state index in [9.17, 15) is 14.4 Å². The van der Waals surface area contributed by atoms with Gasteiger partial charge in [-0.3, -0.25) is 14.6 Å². The number of H-pyrrole nitrogens is 1. The molecule has 1 aromatic carbocycles. The van der Waals surface area contributed by atoms with Gasteiger partial charge in [-0.25, -0.2) is 9.36 Å². The molecule has 7 nitrogen and oxygen atoms in total. The molecule has 1 fully saturated rings. The number of para-hydroxylation sites is 1. The molecule has 1 amide bonds. The van der Waals surface area contributed by atoms with Crippen molar-refractivity contribution >= 4 is 17.0 Å². The Balaban J connectivity index is 1.92. The number of aromatic amines is 1. The zero-order valence-electron chi connectivity index (χ0n) is 16.0. The van der Waals surface area contributed by atoms with E-state index in [1.807, 2.05) is 11.8 Å². The molecular weight excluding hydrogens is 358 g/mol. The zero-order chi connectivity index (χ0) is 19.8. The van der Waals surface area contributed by atoms with Gasteiger partial charge in [-0.1, -0.05) is 31.0 Å². The number of fused-ring (bicyclic) bond motifs is 1. The molecule has 0 atom stereocenters. The van der Waals surface area contributed by atoms with Crippen LogP contribution in [0.5, 0.6) is 0 Å². The third kappa shape index (κ3) is 2.87. The summed E-state index contributed by atoms with van der Waals surface area (Å²) in [5, 5.41) is 0.127. The average Bonchev–Trinajstić information content (AvgIpc) is 3.31. The predicted octanol–water partition coefficient (Wildman–Crippen LogP) is 2.99. The van der Waals surface area contributed by atoms with Crippen LogP contribution in [0.4, 0.5) is 0 Å². The van der Waals surface area contributed by atoms with Crippen molar-refractivity contribution in [2.45, 2.75) is 45.6 Å². The monoisotopic (exact) mass is 381 g/mol. The number of nitrogens with one attached hydrogen (secondary N) is 1. The lowest BCUT2D eigenvalue weighted by atomic mass is 10.1. The van der Waals surface area contributed by atoms with Crippen LogP contribution in [0.3, 0.4) is 0 Å². The minimum Gasteiger partial charge on any atom is -0.444 e. The van der Waals surface area contributed by atoms with E-state index in [-0.39, 0.29) is 28.6 Å². The Bertz CT molecular complexity index is 1130. The third-order valence-corrected chi connectivity index (χ3v) is 5.52. The number of benzene rings is 1. The summed E-state index contributed by atoms with van der Waals surface area (Å²) in [7, 11) is 0. The van der Waals surface area contributed by atoms with E-state index in [1.165, 1.54) is 0 Å². The van der Waals surface area contributed by atoms with Crippen molar-refractivity contribution < 1.29 is 9.21 Å². The van der Waals surface area contributed by atoms with E-state index in [0.717, 1.165) is 30.3 Å². The smallest absolute Gasteiger partial charge is 0.335 e. The van der Waals surface area contributed by atoms with Gasteiger partial charge in [0.1, 0.15) is 11.1 Å². The minimum atomic E-state index is -0.598. The molecule has 1 saturated carbocycles. The number of hydrogen-bond acceptors (Lipinski definition) is 4. The lowest BCUT2D eigenvalue weighted by molar-refractivity contribution is 0.0693. The second-order valence-corrected chi connectivity index (χ2v) is 7.17. The van der Waals surface area contributed by atoms with Gasteiger partial charge < -0.3 is 9.32 Å². The average molecular weight is 381 g/mol. The summed E-state index contributed by atoms with van der Waals surface area (Å²) in [4.78, 5) is 43.5. The highest BCUT2D eigenvalue weighted by Crippen LogP contribution is 2.28. The summed E-state index contributed by atoms with van der Waals surface area (Å²) in [5.74, 6) is 0.129. The Morgan fingerprint density at radius 1 is 1.21 bits per heavy atom. The number of furan rings is 1. The molecule has 0 saturated heterocycles. The van der Waals surface area contributed by atoms with E-state index in [0.29, 0.717) is 18.0 Å². The molecule has 3 aromatic rings. The van der Waals surface area contributed by atoms with Gasteiger partial charge in [0.05, 0.1) is 11.3 Å². The van der Waals surface area contributed by atoms with Gasteiger partial charge >= 0.3 is 5.69 Å². The van der Waals surface area contributed by atoms with Crippen LogP contribution in [0.25, 0.3) is 16.8 Å². The highest BCUT2D eigenvalue weighted by atomic mass is 16.3. The Morgan fingerprint density at radius 3 is 2.54 bits per heavy atom. The third-order valence-electron chi connectivity index (χ3n) is 5.52. The molecule has 0 radical (unpaired) electrons. The van der Waals surface area contributed by atoms with Crippen molar-refractivity contribution in [1.82, 2.24) is 14.5 Å². The Kier molecular flexibility index (Phi) is 4.66. The van der Waals surface area contributed by atoms with Crippen molar-refractivity contribution in [3.05, 3.63) is 62.5 Å². The maximum atomic E-state index is 13.4. The molecule has 4 rings (SSSR count). The summed E-state index contributed by atoms with van der Waals surface area (Å²) >= 11 is 0. The summed E-state index contributed by atoms with van der Waals surface area (Å²) in [6, 6.07) is 8.83. The van der Waals surface area contributed by atoms with Crippen molar-refractivity contribution in [1.29, 1.82) is 0 Å². The van der Waals surface area contributed by atoms with Crippen molar-refractivity contribution in [3.63, 3.8) is 0 Å². The quantitative estimate of drug-likeness (QED) is 0.752. The minimum absolute atomic E-state index is 0.0468. The molecule has 0 unspecified atom stereocenters. The summed E-state index contributed by atoms with van der Waals surface area (Å²) in [5.41, 5.74) is -0.413. The summed E-state index contributed by atoms with van der Waals surface area (Å²) in [6.07, 6.45) is 4.15. The largest absolute Gasteiger partial charge is 0.444 e. The van der Waals surface area contributed by atoms with Crippen LogP contribution in [-0.4, -0.2) is 32.9 Å². The maximum absolute atomic E-state index is 13.4. The first-order valence-electron chi connectivity index (χ1n) is 9.67. The molecule has 2 heterocycles. The van der Waals surface area contributed by atoms with E-state index in [2.05, 4.69) is 4.98 Å². The molecule has 0 aliphatic heterocycles. The van der Waals surface area contributed by atoms with Crippen LogP contribution in [-0.2, 0) is 0 Å². The van der Waals surface area contributed by atoms with Gasteiger partial charge in [0, 0.05) is 12.6 Å². The van der Waals surface area contributed by atoms with E-state index >= 15 is 0 Å². The Hall–Kier alpha value is -3.09. The number of hydrogen-bond donors (Lipinski definition) is 1. The van der Waals surface area contributed by atoms with E-state index < -0.39 is 11.2 Å². The van der Waals surface area contributed by atoms with Gasteiger partial charge in [0.25, 0.3) is 11.5 Å². The van der Waals surface area contributed by atoms with Crippen LogP contribution in [0.2, 0.25) is 0 Å². The van der Waals surface area contributed by atoms with Crippen LogP contribution in [0.15, 0.2) is 44.3 Å². The summed E-state index contributed by atoms with van der Waals surface area (Å²) < 4.78 is 6.66. The molecule has 0 bridgehead atoms. The lowest BCUT2D eigenvalue weighted by Gasteiger charge is -2.27. The zero-order valence-corrected chi connectivity index (χ0v) is 16.0. The normalized spacial score (nSPS) is 14.6. The van der Waals surface area contributed by atoms with Crippen LogP contribution in [0, 0.1) is 6.92 Å². The summed E-state index contributed by atoms with van der Waals surface area (Å²) in [6.45, 7) is 4.16. The van der Waals surface area contributed by atoms with Gasteiger partial charge in [-0.2, -0.15) is 0 Å². The number of aryl methyl sites for hydroxylation is 1. The second kappa shape index (κ2) is 7.14. The highest BCUT2D eigenvalue weighted by Gasteiger charge is 2.31. The van der Waals surface area contributed by atoms with Crippen LogP contribution >= 0.6 is 0 Å². The standard InChI is InChI=1S/C21H23N3O4/c1-3-23(14-9-7-8-10-14)19(25)16-13(2)28-18-17(16)20(26)24(21(27)22-18)15-11-5-4-6-12-15/h4-6,11-12,14H,3,7-10H2,1-2H3,(H,22,27). The van der Waals surface area contributed by atoms with Gasteiger partial charge in [-0.15, -0.1) is 0 Å². The number of nitrogens with zero attached hydrogens (tertiary/aromatic N) is 2. The SMILES string of the molecule is CCN(C(=O)c1c(C)oc2[nH]c(=O)n(-c3ccccc3)c(=O)c12)C1CCCC1. The van der Waals surface area contributed by atoms with Crippen molar-refractivity contribution in [3.8, 4) is 5.69 Å². The molecular formula is C21H23N3O4. The molecule has 1 N–H and O–H groups in total. The van der Waals surface area contributed by atoms with E-state index in [1.54, 1.807) is 37.3 Å². The number of amides is 1. The molecule has 28 heavy (non-hydrogen) atoms. The topological polar surface area (TPSA) is 88.3 Å². The van der Waals surface area contributed by atoms with Gasteiger partial charge in [-0.05, 0) is 38.8 Å². The van der Waals surface area contributed by atoms with Crippen LogP contribution < -0.4 is 11.2 Å². The van der Waals surface area contributed by atoms with Crippen molar-refractivity contribution in [2.24, 2.45) is 0 Å². The molecule has 7 heteroatoms. The first kappa shape index (κ1) is 18.3. The Labute approximate surface area is 161 Å². The fourth-order valence-corrected chi connectivity index (χ4v) is 4.19. The highest BCUT2D eigenvalue weighted by molar-refractivity contribution is 6.06. The number of rotatable bonds is 4. The fraction of sp³-hybridized carbons (Fsp3) is 0.381. The lowest BCUT2D eigenvalue weighted by Crippen LogP contribution is -2.40. The molecule has 1 aliphatic rings. The van der Waals surface area contributed by atoms with Crippen LogP contribution in [0.1, 0.15) is 48.7 Å². The first-order valence-corrected chi connectivity index (χ1v) is 9.67. The molecule has 0 spiro atoms. The van der Waals surface area contributed by atoms with Gasteiger partial charge in [0.2, 0.25) is 5.71 Å². The van der Waals surface area contributed by atoms with Gasteiger partial charge in [0.15, 0.2) is 0 Å². The maximum Gasteiger partial charge on any atom is 0.335 e. The predicted molar refractivity (Wildman–Crippen MR) is 106 cm³/mol. The second-order valence-electron chi connectivity index (χ2n) is 7.17. The molecule has 2 aromatic heterocycles. The first-order chi connectivity index (χ1) is 13.5.